The lowest BCUT2D eigenvalue weighted by molar-refractivity contribution is 0.310. The summed E-state index contributed by atoms with van der Waals surface area (Å²) in [5.74, 6) is 0.309. The van der Waals surface area contributed by atoms with Gasteiger partial charge >= 0.3 is 0 Å². The molecule has 116 valence electrons. The minimum Gasteiger partial charge on any atom is -0.389 e. The third-order valence-corrected chi connectivity index (χ3v) is 5.64. The van der Waals surface area contributed by atoms with E-state index in [4.69, 9.17) is 18.0 Å². The maximum absolute atomic E-state index is 12.4. The van der Waals surface area contributed by atoms with Crippen LogP contribution in [0.25, 0.3) is 0 Å². The van der Waals surface area contributed by atoms with Crippen LogP contribution in [0.15, 0.2) is 24.3 Å². The molecule has 0 bridgehead atoms. The number of hydrogen-bond donors (Lipinski definition) is 2. The number of rotatable bonds is 5. The van der Waals surface area contributed by atoms with E-state index in [0.29, 0.717) is 17.0 Å². The Hall–Kier alpha value is -0.980. The van der Waals surface area contributed by atoms with Gasteiger partial charge in [-0.3, -0.25) is 0 Å². The molecule has 2 rings (SSSR count). The largest absolute Gasteiger partial charge is 0.389 e. The number of nitrogens with two attached hydrogens (primary N) is 1. The van der Waals surface area contributed by atoms with Gasteiger partial charge < -0.3 is 5.73 Å². The molecule has 0 saturated heterocycles. The molecule has 0 amide bonds. The summed E-state index contributed by atoms with van der Waals surface area (Å²) in [6.45, 7) is 2.11. The third kappa shape index (κ3) is 4.49. The third-order valence-electron chi connectivity index (χ3n) is 4.07. The molecule has 1 aromatic carbocycles. The quantitative estimate of drug-likeness (QED) is 0.815. The van der Waals surface area contributed by atoms with Gasteiger partial charge in [0.25, 0.3) is 0 Å². The van der Waals surface area contributed by atoms with E-state index in [9.17, 15) is 8.42 Å². The molecule has 0 spiro atoms. The van der Waals surface area contributed by atoms with E-state index in [2.05, 4.69) is 11.6 Å². The van der Waals surface area contributed by atoms with Gasteiger partial charge in [-0.2, -0.15) is 0 Å². The molecular weight excluding hydrogens is 304 g/mol. The summed E-state index contributed by atoms with van der Waals surface area (Å²) in [4.78, 5) is 0.229. The second-order valence-electron chi connectivity index (χ2n) is 5.77. The molecule has 4 nitrogen and oxygen atoms in total. The standard InChI is InChI=1S/C15H22N2O2S2/c1-11-6-2-5-9-14(11)17-21(18,19)10-12-7-3-4-8-13(12)15(16)20/h3-4,7-8,11,14,17H,2,5-6,9-10H2,1H3,(H2,16,20). The molecule has 2 unspecified atom stereocenters. The highest BCUT2D eigenvalue weighted by Crippen LogP contribution is 2.24. The van der Waals surface area contributed by atoms with Gasteiger partial charge in [-0.15, -0.1) is 0 Å². The molecule has 21 heavy (non-hydrogen) atoms. The van der Waals surface area contributed by atoms with Crippen LogP contribution in [-0.2, 0) is 15.8 Å². The van der Waals surface area contributed by atoms with Crippen molar-refractivity contribution in [3.05, 3.63) is 35.4 Å². The topological polar surface area (TPSA) is 72.2 Å². The fourth-order valence-electron chi connectivity index (χ4n) is 2.85. The lowest BCUT2D eigenvalue weighted by Gasteiger charge is -2.29. The van der Waals surface area contributed by atoms with Gasteiger partial charge in [0.15, 0.2) is 0 Å². The second-order valence-corrected chi connectivity index (χ2v) is 7.96. The molecule has 1 aliphatic rings. The van der Waals surface area contributed by atoms with Crippen LogP contribution in [0.1, 0.15) is 43.7 Å². The average molecular weight is 326 g/mol. The zero-order valence-corrected chi connectivity index (χ0v) is 13.8. The first-order valence-corrected chi connectivity index (χ1v) is 9.33. The van der Waals surface area contributed by atoms with Gasteiger partial charge in [-0.25, -0.2) is 13.1 Å². The molecule has 0 heterocycles. The molecule has 0 aromatic heterocycles. The van der Waals surface area contributed by atoms with E-state index in [1.54, 1.807) is 24.3 Å². The van der Waals surface area contributed by atoms with Crippen molar-refractivity contribution in [1.29, 1.82) is 0 Å². The highest BCUT2D eigenvalue weighted by atomic mass is 32.2. The van der Waals surface area contributed by atoms with E-state index >= 15 is 0 Å². The monoisotopic (exact) mass is 326 g/mol. The highest BCUT2D eigenvalue weighted by molar-refractivity contribution is 7.88. The lowest BCUT2D eigenvalue weighted by Crippen LogP contribution is -2.41. The smallest absolute Gasteiger partial charge is 0.216 e. The molecule has 1 aliphatic carbocycles. The van der Waals surface area contributed by atoms with Crippen molar-refractivity contribution in [2.75, 3.05) is 0 Å². The van der Waals surface area contributed by atoms with Crippen LogP contribution in [0.5, 0.6) is 0 Å². The van der Waals surface area contributed by atoms with Gasteiger partial charge in [-0.05, 0) is 24.3 Å². The van der Waals surface area contributed by atoms with Crippen LogP contribution in [0.4, 0.5) is 0 Å². The fourth-order valence-corrected chi connectivity index (χ4v) is 4.61. The minimum absolute atomic E-state index is 0.0424. The van der Waals surface area contributed by atoms with Crippen molar-refractivity contribution in [2.45, 2.75) is 44.4 Å². The Morgan fingerprint density at radius 1 is 1.33 bits per heavy atom. The molecule has 2 atom stereocenters. The summed E-state index contributed by atoms with van der Waals surface area (Å²) in [6.07, 6.45) is 4.26. The van der Waals surface area contributed by atoms with Crippen molar-refractivity contribution >= 4 is 27.2 Å². The van der Waals surface area contributed by atoms with E-state index < -0.39 is 10.0 Å². The van der Waals surface area contributed by atoms with Crippen molar-refractivity contribution in [3.8, 4) is 0 Å². The normalized spacial score (nSPS) is 22.9. The van der Waals surface area contributed by atoms with Crippen LogP contribution < -0.4 is 10.5 Å². The molecule has 1 saturated carbocycles. The summed E-state index contributed by atoms with van der Waals surface area (Å²) in [7, 11) is -3.39. The Morgan fingerprint density at radius 3 is 2.67 bits per heavy atom. The first-order valence-electron chi connectivity index (χ1n) is 7.27. The Kier molecular flexibility index (Phi) is 5.35. The van der Waals surface area contributed by atoms with Gasteiger partial charge in [0, 0.05) is 11.6 Å². The van der Waals surface area contributed by atoms with Gasteiger partial charge in [-0.1, -0.05) is 56.2 Å². The average Bonchev–Trinajstić information content (AvgIpc) is 2.41. The van der Waals surface area contributed by atoms with Gasteiger partial charge in [0.1, 0.15) is 4.99 Å². The van der Waals surface area contributed by atoms with E-state index in [-0.39, 0.29) is 16.8 Å². The second kappa shape index (κ2) is 6.85. The number of hydrogen-bond acceptors (Lipinski definition) is 3. The van der Waals surface area contributed by atoms with E-state index in [1.165, 1.54) is 6.42 Å². The van der Waals surface area contributed by atoms with Crippen LogP contribution in [0, 0.1) is 5.92 Å². The van der Waals surface area contributed by atoms with Crippen LogP contribution >= 0.6 is 12.2 Å². The summed E-state index contributed by atoms with van der Waals surface area (Å²) in [6, 6.07) is 7.17. The van der Waals surface area contributed by atoms with Gasteiger partial charge in [0.05, 0.1) is 5.75 Å². The highest BCUT2D eigenvalue weighted by Gasteiger charge is 2.26. The maximum Gasteiger partial charge on any atom is 0.216 e. The molecule has 0 radical (unpaired) electrons. The summed E-state index contributed by atoms with van der Waals surface area (Å²) in [5.41, 5.74) is 6.94. The van der Waals surface area contributed by atoms with Crippen molar-refractivity contribution in [3.63, 3.8) is 0 Å². The molecular formula is C15H22N2O2S2. The molecule has 1 aromatic rings. The Labute approximate surface area is 132 Å². The first-order chi connectivity index (χ1) is 9.89. The van der Waals surface area contributed by atoms with Crippen molar-refractivity contribution in [2.24, 2.45) is 11.7 Å². The Bertz CT molecular complexity index is 614. The number of sulfonamides is 1. The summed E-state index contributed by atoms with van der Waals surface area (Å²) in [5, 5.41) is 0. The summed E-state index contributed by atoms with van der Waals surface area (Å²) >= 11 is 4.98. The lowest BCUT2D eigenvalue weighted by atomic mass is 9.87. The first kappa shape index (κ1) is 16.4. The Balaban J connectivity index is 2.12. The molecule has 1 fully saturated rings. The zero-order chi connectivity index (χ0) is 15.5. The van der Waals surface area contributed by atoms with E-state index in [1.807, 2.05) is 0 Å². The molecule has 3 N–H and O–H groups in total. The minimum atomic E-state index is -3.39. The predicted octanol–water partition coefficient (Wildman–Crippen LogP) is 2.32. The number of nitrogens with one attached hydrogen (secondary N) is 1. The Morgan fingerprint density at radius 2 is 2.00 bits per heavy atom. The number of thiocarbonyl (C=S) groups is 1. The molecule has 6 heteroatoms. The SMILES string of the molecule is CC1CCCCC1NS(=O)(=O)Cc1ccccc1C(N)=S. The van der Waals surface area contributed by atoms with Crippen LogP contribution in [0.3, 0.4) is 0 Å². The summed E-state index contributed by atoms with van der Waals surface area (Å²) < 4.78 is 27.6. The maximum atomic E-state index is 12.4. The van der Waals surface area contributed by atoms with Crippen LogP contribution in [0.2, 0.25) is 0 Å². The zero-order valence-electron chi connectivity index (χ0n) is 12.2. The van der Waals surface area contributed by atoms with Crippen molar-refractivity contribution in [1.82, 2.24) is 4.72 Å². The predicted molar refractivity (Wildman–Crippen MR) is 89.5 cm³/mol. The van der Waals surface area contributed by atoms with Crippen molar-refractivity contribution < 1.29 is 8.42 Å². The van der Waals surface area contributed by atoms with Gasteiger partial charge in [0.2, 0.25) is 10.0 Å². The molecule has 0 aliphatic heterocycles. The van der Waals surface area contributed by atoms with Crippen LogP contribution in [-0.4, -0.2) is 19.4 Å². The fraction of sp³-hybridized carbons (Fsp3) is 0.533. The number of benzene rings is 1. The van der Waals surface area contributed by atoms with E-state index in [0.717, 1.165) is 19.3 Å².